The van der Waals surface area contributed by atoms with Crippen molar-refractivity contribution in [1.82, 2.24) is 0 Å². The van der Waals surface area contributed by atoms with E-state index >= 15 is 0 Å². The van der Waals surface area contributed by atoms with Gasteiger partial charge in [0.1, 0.15) is 0 Å². The summed E-state index contributed by atoms with van der Waals surface area (Å²) in [6.07, 6.45) is 0.584. The van der Waals surface area contributed by atoms with Gasteiger partial charge in [0.05, 0.1) is 22.4 Å². The summed E-state index contributed by atoms with van der Waals surface area (Å²) in [4.78, 5) is 22.1. The summed E-state index contributed by atoms with van der Waals surface area (Å²) in [5, 5.41) is 0.910. The van der Waals surface area contributed by atoms with Crippen molar-refractivity contribution in [3.8, 4) is 0 Å². The minimum atomic E-state index is -0.463. The van der Waals surface area contributed by atoms with Crippen molar-refractivity contribution in [2.24, 2.45) is 5.92 Å². The van der Waals surface area contributed by atoms with Gasteiger partial charge in [-0.1, -0.05) is 29.3 Å². The summed E-state index contributed by atoms with van der Waals surface area (Å²) in [6, 6.07) is 5.14. The zero-order chi connectivity index (χ0) is 11.7. The van der Waals surface area contributed by atoms with Crippen LogP contribution in [0.2, 0.25) is 10.0 Å². The standard InChI is InChI=1S/C11H8Cl2O3/c12-8-2-1-6(4-9(8)13)3-7-5-10(14)16-11(7)15/h1-2,4,7H,3,5H2. The van der Waals surface area contributed by atoms with Crippen LogP contribution in [-0.2, 0) is 20.7 Å². The van der Waals surface area contributed by atoms with Crippen LogP contribution in [0.4, 0.5) is 0 Å². The van der Waals surface area contributed by atoms with Gasteiger partial charge in [0, 0.05) is 0 Å². The second kappa shape index (κ2) is 4.44. The third-order valence-corrected chi connectivity index (χ3v) is 3.17. The molecule has 5 heteroatoms. The summed E-state index contributed by atoms with van der Waals surface area (Å²) in [7, 11) is 0. The van der Waals surface area contributed by atoms with Gasteiger partial charge in [-0.3, -0.25) is 9.59 Å². The molecule has 0 amide bonds. The fourth-order valence-corrected chi connectivity index (χ4v) is 1.95. The van der Waals surface area contributed by atoms with Crippen LogP contribution in [0, 0.1) is 5.92 Å². The Morgan fingerprint density at radius 1 is 1.25 bits per heavy atom. The SMILES string of the molecule is O=C1CC(Cc2ccc(Cl)c(Cl)c2)C(=O)O1. The van der Waals surface area contributed by atoms with Gasteiger partial charge in [0.2, 0.25) is 0 Å². The summed E-state index contributed by atoms with van der Waals surface area (Å²) in [5.41, 5.74) is 0.867. The third-order valence-electron chi connectivity index (χ3n) is 2.43. The highest BCUT2D eigenvalue weighted by molar-refractivity contribution is 6.42. The van der Waals surface area contributed by atoms with Crippen LogP contribution < -0.4 is 0 Å². The van der Waals surface area contributed by atoms with Crippen LogP contribution in [0.1, 0.15) is 12.0 Å². The Labute approximate surface area is 102 Å². The van der Waals surface area contributed by atoms with E-state index < -0.39 is 17.9 Å². The number of ether oxygens (including phenoxy) is 1. The van der Waals surface area contributed by atoms with Gasteiger partial charge >= 0.3 is 11.9 Å². The van der Waals surface area contributed by atoms with Crippen molar-refractivity contribution in [1.29, 1.82) is 0 Å². The molecule has 1 atom stereocenters. The number of benzene rings is 1. The van der Waals surface area contributed by atoms with Gasteiger partial charge in [0.15, 0.2) is 0 Å². The number of carbonyl (C=O) groups excluding carboxylic acids is 2. The van der Waals surface area contributed by atoms with Crippen molar-refractivity contribution in [3.05, 3.63) is 33.8 Å². The number of hydrogen-bond donors (Lipinski definition) is 0. The average molecular weight is 259 g/mol. The van der Waals surface area contributed by atoms with Crippen LogP contribution in [0.5, 0.6) is 0 Å². The second-order valence-corrected chi connectivity index (χ2v) is 4.46. The largest absolute Gasteiger partial charge is 0.393 e. The molecule has 0 aromatic heterocycles. The lowest BCUT2D eigenvalue weighted by Crippen LogP contribution is -2.10. The lowest BCUT2D eigenvalue weighted by molar-refractivity contribution is -0.153. The molecule has 0 saturated carbocycles. The predicted molar refractivity (Wildman–Crippen MR) is 59.4 cm³/mol. The highest BCUT2D eigenvalue weighted by Crippen LogP contribution is 2.26. The van der Waals surface area contributed by atoms with E-state index in [1.165, 1.54) is 0 Å². The van der Waals surface area contributed by atoms with Gasteiger partial charge < -0.3 is 4.74 Å². The van der Waals surface area contributed by atoms with Gasteiger partial charge in [-0.25, -0.2) is 0 Å². The number of hydrogen-bond acceptors (Lipinski definition) is 3. The molecule has 84 valence electrons. The molecule has 1 aliphatic rings. The monoisotopic (exact) mass is 258 g/mol. The molecule has 2 rings (SSSR count). The maximum atomic E-state index is 11.2. The number of cyclic esters (lactones) is 2. The molecular formula is C11H8Cl2O3. The Kier molecular flexibility index (Phi) is 3.17. The molecule has 1 heterocycles. The number of carbonyl (C=O) groups is 2. The molecule has 1 unspecified atom stereocenters. The third kappa shape index (κ3) is 2.36. The highest BCUT2D eigenvalue weighted by Gasteiger charge is 2.33. The lowest BCUT2D eigenvalue weighted by Gasteiger charge is -2.05. The van der Waals surface area contributed by atoms with Crippen LogP contribution in [-0.4, -0.2) is 11.9 Å². The van der Waals surface area contributed by atoms with E-state index in [9.17, 15) is 9.59 Å². The Morgan fingerprint density at radius 3 is 2.56 bits per heavy atom. The lowest BCUT2D eigenvalue weighted by atomic mass is 9.98. The number of esters is 2. The molecule has 0 aliphatic carbocycles. The van der Waals surface area contributed by atoms with E-state index in [2.05, 4.69) is 4.74 Å². The smallest absolute Gasteiger partial charge is 0.317 e. The van der Waals surface area contributed by atoms with Crippen molar-refractivity contribution in [2.45, 2.75) is 12.8 Å². The molecule has 0 N–H and O–H groups in total. The quantitative estimate of drug-likeness (QED) is 0.605. The Morgan fingerprint density at radius 2 is 2.00 bits per heavy atom. The molecule has 1 aromatic carbocycles. The van der Waals surface area contributed by atoms with E-state index in [4.69, 9.17) is 23.2 Å². The fourth-order valence-electron chi connectivity index (χ4n) is 1.63. The summed E-state index contributed by atoms with van der Waals surface area (Å²) in [5.74, 6) is -1.32. The Balaban J connectivity index is 2.12. The molecular weight excluding hydrogens is 251 g/mol. The van der Waals surface area contributed by atoms with Crippen molar-refractivity contribution in [3.63, 3.8) is 0 Å². The van der Waals surface area contributed by atoms with Crippen LogP contribution in [0.3, 0.4) is 0 Å². The number of halogens is 2. The summed E-state index contributed by atoms with van der Waals surface area (Å²) < 4.78 is 4.46. The van der Waals surface area contributed by atoms with Gasteiger partial charge in [-0.05, 0) is 24.1 Å². The first-order chi connectivity index (χ1) is 7.56. The summed E-state index contributed by atoms with van der Waals surface area (Å²) >= 11 is 11.6. The van der Waals surface area contributed by atoms with E-state index in [0.29, 0.717) is 16.5 Å². The van der Waals surface area contributed by atoms with Gasteiger partial charge in [0.25, 0.3) is 0 Å². The van der Waals surface area contributed by atoms with Crippen molar-refractivity contribution < 1.29 is 14.3 Å². The zero-order valence-electron chi connectivity index (χ0n) is 8.20. The highest BCUT2D eigenvalue weighted by atomic mass is 35.5. The molecule has 0 spiro atoms. The molecule has 16 heavy (non-hydrogen) atoms. The van der Waals surface area contributed by atoms with E-state index in [1.54, 1.807) is 18.2 Å². The fraction of sp³-hybridized carbons (Fsp3) is 0.273. The van der Waals surface area contributed by atoms with Crippen LogP contribution >= 0.6 is 23.2 Å². The maximum Gasteiger partial charge on any atom is 0.317 e. The first-order valence-corrected chi connectivity index (χ1v) is 5.50. The molecule has 3 nitrogen and oxygen atoms in total. The summed E-state index contributed by atoms with van der Waals surface area (Å²) in [6.45, 7) is 0. The molecule has 0 radical (unpaired) electrons. The van der Waals surface area contributed by atoms with Crippen molar-refractivity contribution in [2.75, 3.05) is 0 Å². The topological polar surface area (TPSA) is 43.4 Å². The molecule has 1 aromatic rings. The van der Waals surface area contributed by atoms with Crippen LogP contribution in [0.15, 0.2) is 18.2 Å². The normalized spacial score (nSPS) is 20.0. The first-order valence-electron chi connectivity index (χ1n) is 4.74. The van der Waals surface area contributed by atoms with Gasteiger partial charge in [-0.2, -0.15) is 0 Å². The Bertz CT molecular complexity index is 457. The molecule has 1 saturated heterocycles. The molecule has 1 aliphatic heterocycles. The predicted octanol–water partition coefficient (Wildman–Crippen LogP) is 2.63. The minimum Gasteiger partial charge on any atom is -0.393 e. The second-order valence-electron chi connectivity index (χ2n) is 3.65. The van der Waals surface area contributed by atoms with Crippen LogP contribution in [0.25, 0.3) is 0 Å². The molecule has 0 bridgehead atoms. The minimum absolute atomic E-state index is 0.138. The van der Waals surface area contributed by atoms with Crippen molar-refractivity contribution >= 4 is 35.1 Å². The Hall–Kier alpha value is -1.06. The first kappa shape index (κ1) is 11.4. The van der Waals surface area contributed by atoms with Gasteiger partial charge in [-0.15, -0.1) is 0 Å². The average Bonchev–Trinajstić information content (AvgIpc) is 2.51. The molecule has 1 fully saturated rings. The zero-order valence-corrected chi connectivity index (χ0v) is 9.72. The number of rotatable bonds is 2. The van der Waals surface area contributed by atoms with E-state index in [1.807, 2.05) is 0 Å². The van der Waals surface area contributed by atoms with E-state index in [-0.39, 0.29) is 6.42 Å². The van der Waals surface area contributed by atoms with E-state index in [0.717, 1.165) is 5.56 Å². The maximum absolute atomic E-state index is 11.2.